The van der Waals surface area contributed by atoms with Crippen molar-refractivity contribution in [1.29, 1.82) is 0 Å². The van der Waals surface area contributed by atoms with E-state index >= 15 is 0 Å². The molecule has 9 heavy (non-hydrogen) atoms. The summed E-state index contributed by atoms with van der Waals surface area (Å²) in [5.74, 6) is 1.64. The maximum Gasteiger partial charge on any atom is 0.462 e. The van der Waals surface area contributed by atoms with Gasteiger partial charge < -0.3 is 9.05 Å². The first-order valence-electron chi connectivity index (χ1n) is 2.61. The lowest BCUT2D eigenvalue weighted by molar-refractivity contribution is 0.298. The standard InChI is InChI=1S/C5H9O3P/c1-4-5(2)8-9(6-3)7-4/h1-3H3. The molecule has 1 rings (SSSR count). The van der Waals surface area contributed by atoms with Crippen LogP contribution in [0.15, 0.2) is 11.5 Å². The van der Waals surface area contributed by atoms with E-state index in [-0.39, 0.29) is 0 Å². The summed E-state index contributed by atoms with van der Waals surface area (Å²) in [5.41, 5.74) is 0. The maximum absolute atomic E-state index is 5.12. The van der Waals surface area contributed by atoms with Gasteiger partial charge in [0, 0.05) is 7.11 Å². The summed E-state index contributed by atoms with van der Waals surface area (Å²) in [5, 5.41) is 0. The van der Waals surface area contributed by atoms with Crippen molar-refractivity contribution in [3.05, 3.63) is 11.5 Å². The first kappa shape index (κ1) is 6.84. The molecule has 1 heterocycles. The fraction of sp³-hybridized carbons (Fsp3) is 0.600. The Bertz CT molecular complexity index is 129. The number of rotatable bonds is 1. The van der Waals surface area contributed by atoms with Gasteiger partial charge in [-0.15, -0.1) is 0 Å². The van der Waals surface area contributed by atoms with E-state index in [9.17, 15) is 0 Å². The van der Waals surface area contributed by atoms with Crippen LogP contribution >= 0.6 is 8.60 Å². The van der Waals surface area contributed by atoms with Crippen LogP contribution < -0.4 is 0 Å². The van der Waals surface area contributed by atoms with E-state index < -0.39 is 8.60 Å². The molecule has 0 saturated carbocycles. The quantitative estimate of drug-likeness (QED) is 0.533. The predicted octanol–water partition coefficient (Wildman–Crippen LogP) is 2.16. The Balaban J connectivity index is 2.48. The molecule has 0 aromatic carbocycles. The third-order valence-corrected chi connectivity index (χ3v) is 2.21. The lowest BCUT2D eigenvalue weighted by Crippen LogP contribution is -1.75. The van der Waals surface area contributed by atoms with Crippen LogP contribution in [0.3, 0.4) is 0 Å². The van der Waals surface area contributed by atoms with Gasteiger partial charge in [-0.1, -0.05) is 0 Å². The molecule has 0 amide bonds. The average molecular weight is 148 g/mol. The molecule has 1 aliphatic rings. The molecule has 0 spiro atoms. The van der Waals surface area contributed by atoms with Gasteiger partial charge in [0.25, 0.3) is 0 Å². The zero-order chi connectivity index (χ0) is 6.85. The van der Waals surface area contributed by atoms with Crippen LogP contribution in [0.5, 0.6) is 0 Å². The molecule has 4 heteroatoms. The SMILES string of the molecule is COP1OC(C)=C(C)O1. The van der Waals surface area contributed by atoms with Crippen LogP contribution in [0.1, 0.15) is 13.8 Å². The fourth-order valence-corrected chi connectivity index (χ4v) is 1.34. The van der Waals surface area contributed by atoms with Crippen LogP contribution in [0.2, 0.25) is 0 Å². The Morgan fingerprint density at radius 3 is 1.89 bits per heavy atom. The van der Waals surface area contributed by atoms with Gasteiger partial charge in [0.05, 0.1) is 0 Å². The monoisotopic (exact) mass is 148 g/mol. The number of hydrogen-bond donors (Lipinski definition) is 0. The molecule has 0 bridgehead atoms. The highest BCUT2D eigenvalue weighted by Crippen LogP contribution is 2.49. The second-order valence-corrected chi connectivity index (χ2v) is 2.88. The van der Waals surface area contributed by atoms with E-state index in [1.165, 1.54) is 0 Å². The third kappa shape index (κ3) is 1.35. The van der Waals surface area contributed by atoms with Crippen molar-refractivity contribution in [1.82, 2.24) is 0 Å². The molecule has 3 nitrogen and oxygen atoms in total. The van der Waals surface area contributed by atoms with Crippen molar-refractivity contribution in [3.8, 4) is 0 Å². The Morgan fingerprint density at radius 1 is 1.22 bits per heavy atom. The highest BCUT2D eigenvalue weighted by atomic mass is 31.2. The third-order valence-electron chi connectivity index (χ3n) is 1.07. The molecule has 0 fully saturated rings. The largest absolute Gasteiger partial charge is 0.462 e. The Kier molecular flexibility index (Phi) is 1.94. The molecule has 0 unspecified atom stereocenters. The summed E-state index contributed by atoms with van der Waals surface area (Å²) in [6.07, 6.45) is 0. The first-order chi connectivity index (χ1) is 4.24. The van der Waals surface area contributed by atoms with Gasteiger partial charge in [-0.05, 0) is 13.8 Å². The van der Waals surface area contributed by atoms with Gasteiger partial charge in [0.15, 0.2) is 0 Å². The zero-order valence-electron chi connectivity index (χ0n) is 5.67. The van der Waals surface area contributed by atoms with Gasteiger partial charge in [0.1, 0.15) is 11.5 Å². The van der Waals surface area contributed by atoms with E-state index in [2.05, 4.69) is 0 Å². The summed E-state index contributed by atoms with van der Waals surface area (Å²) in [6, 6.07) is 0. The number of hydrogen-bond acceptors (Lipinski definition) is 3. The van der Waals surface area contributed by atoms with E-state index in [4.69, 9.17) is 13.6 Å². The van der Waals surface area contributed by atoms with Crippen LogP contribution in [0, 0.1) is 0 Å². The minimum atomic E-state index is -1.10. The molecule has 0 aromatic rings. The smallest absolute Gasteiger partial charge is 0.419 e. The highest BCUT2D eigenvalue weighted by Gasteiger charge is 2.23. The molecule has 0 aliphatic carbocycles. The molecule has 52 valence electrons. The topological polar surface area (TPSA) is 27.7 Å². The summed E-state index contributed by atoms with van der Waals surface area (Å²) in [4.78, 5) is 0. The van der Waals surface area contributed by atoms with Crippen LogP contribution in [0.25, 0.3) is 0 Å². The molecule has 0 N–H and O–H groups in total. The second kappa shape index (κ2) is 2.54. The van der Waals surface area contributed by atoms with Crippen molar-refractivity contribution in [3.63, 3.8) is 0 Å². The molecule has 1 aliphatic heterocycles. The van der Waals surface area contributed by atoms with Crippen molar-refractivity contribution in [2.24, 2.45) is 0 Å². The normalized spacial score (nSPS) is 19.9. The van der Waals surface area contributed by atoms with Gasteiger partial charge in [-0.3, -0.25) is 4.52 Å². The summed E-state index contributed by atoms with van der Waals surface area (Å²) in [6.45, 7) is 3.72. The predicted molar refractivity (Wildman–Crippen MR) is 34.5 cm³/mol. The van der Waals surface area contributed by atoms with Crippen LogP contribution in [-0.4, -0.2) is 7.11 Å². The van der Waals surface area contributed by atoms with E-state index in [1.807, 2.05) is 13.8 Å². The average Bonchev–Trinajstić information content (AvgIpc) is 2.13. The molecule has 0 radical (unpaired) electrons. The first-order valence-corrected chi connectivity index (χ1v) is 3.71. The van der Waals surface area contributed by atoms with Gasteiger partial charge in [-0.25, -0.2) is 0 Å². The molecule has 0 aromatic heterocycles. The number of allylic oxidation sites excluding steroid dienone is 2. The Hall–Kier alpha value is -0.270. The van der Waals surface area contributed by atoms with Crippen LogP contribution in [0.4, 0.5) is 0 Å². The molecular weight excluding hydrogens is 139 g/mol. The molecule has 0 saturated heterocycles. The summed E-state index contributed by atoms with van der Waals surface area (Å²) in [7, 11) is 0.471. The summed E-state index contributed by atoms with van der Waals surface area (Å²) < 4.78 is 15.1. The van der Waals surface area contributed by atoms with Gasteiger partial charge >= 0.3 is 8.60 Å². The molecular formula is C5H9O3P. The van der Waals surface area contributed by atoms with Crippen molar-refractivity contribution in [2.45, 2.75) is 13.8 Å². The van der Waals surface area contributed by atoms with E-state index in [1.54, 1.807) is 7.11 Å². The van der Waals surface area contributed by atoms with E-state index in [0.29, 0.717) is 0 Å². The van der Waals surface area contributed by atoms with Crippen molar-refractivity contribution >= 4 is 8.60 Å². The minimum absolute atomic E-state index is 0.822. The summed E-state index contributed by atoms with van der Waals surface area (Å²) >= 11 is 0. The Morgan fingerprint density at radius 2 is 1.67 bits per heavy atom. The van der Waals surface area contributed by atoms with Crippen molar-refractivity contribution in [2.75, 3.05) is 7.11 Å². The van der Waals surface area contributed by atoms with Crippen molar-refractivity contribution < 1.29 is 13.6 Å². The van der Waals surface area contributed by atoms with Crippen LogP contribution in [-0.2, 0) is 13.6 Å². The lowest BCUT2D eigenvalue weighted by atomic mass is 10.5. The van der Waals surface area contributed by atoms with Gasteiger partial charge in [0.2, 0.25) is 0 Å². The minimum Gasteiger partial charge on any atom is -0.419 e. The second-order valence-electron chi connectivity index (χ2n) is 1.70. The highest BCUT2D eigenvalue weighted by molar-refractivity contribution is 7.42. The fourth-order valence-electron chi connectivity index (χ4n) is 0.445. The van der Waals surface area contributed by atoms with Gasteiger partial charge in [-0.2, -0.15) is 0 Å². The Labute approximate surface area is 55.6 Å². The maximum atomic E-state index is 5.12. The molecule has 0 atom stereocenters. The zero-order valence-corrected chi connectivity index (χ0v) is 6.57. The van der Waals surface area contributed by atoms with E-state index in [0.717, 1.165) is 11.5 Å². The lowest BCUT2D eigenvalue weighted by Gasteiger charge is -2.02.